The van der Waals surface area contributed by atoms with E-state index >= 15 is 0 Å². The second-order valence-electron chi connectivity index (χ2n) is 9.60. The topological polar surface area (TPSA) is 40.1 Å². The van der Waals surface area contributed by atoms with E-state index in [2.05, 4.69) is 34.6 Å². The zero-order valence-electron chi connectivity index (χ0n) is 22.3. The second kappa shape index (κ2) is 25.7. The van der Waals surface area contributed by atoms with E-state index in [-0.39, 0.29) is 6.42 Å². The van der Waals surface area contributed by atoms with Crippen LogP contribution in [0.3, 0.4) is 0 Å². The van der Waals surface area contributed by atoms with E-state index in [0.29, 0.717) is 0 Å². The van der Waals surface area contributed by atoms with E-state index in [0.717, 1.165) is 12.8 Å². The van der Waals surface area contributed by atoms with E-state index in [1.807, 2.05) is 0 Å². The van der Waals surface area contributed by atoms with Crippen LogP contribution in [0.4, 0.5) is 0 Å². The number of unbranched alkanes of at least 4 members (excludes halogenated alkanes) is 12. The maximum Gasteiger partial charge on any atom is 0.0786 e. The van der Waals surface area contributed by atoms with Gasteiger partial charge in [-0.2, -0.15) is 0 Å². The van der Waals surface area contributed by atoms with Gasteiger partial charge in [0.2, 0.25) is 0 Å². The van der Waals surface area contributed by atoms with Gasteiger partial charge in [0.25, 0.3) is 0 Å². The van der Waals surface area contributed by atoms with Gasteiger partial charge in [-0.1, -0.05) is 105 Å². The molecule has 3 heteroatoms. The van der Waals surface area contributed by atoms with Crippen LogP contribution in [0.1, 0.15) is 150 Å². The van der Waals surface area contributed by atoms with Gasteiger partial charge in [-0.05, 0) is 44.9 Å². The van der Waals surface area contributed by atoms with Gasteiger partial charge in [0.05, 0.1) is 26.2 Å². The Balaban J connectivity index is 0. The molecule has 3 nitrogen and oxygen atoms in total. The van der Waals surface area contributed by atoms with Crippen LogP contribution in [-0.2, 0) is 4.79 Å². The first-order valence-electron chi connectivity index (χ1n) is 14.1. The molecule has 0 aromatic heterocycles. The lowest BCUT2D eigenvalue weighted by atomic mass is 10.1. The monoisotopic (exact) mass is 441 g/mol. The van der Waals surface area contributed by atoms with Gasteiger partial charge in [0.15, 0.2) is 0 Å². The zero-order chi connectivity index (χ0) is 23.6. The van der Waals surface area contributed by atoms with Crippen molar-refractivity contribution >= 4 is 5.97 Å². The SMILES string of the molecule is CCCCCCCCCCC(=O)[O-].CCCCCCCC[N+](CCC)(CCC)CCC. The third-order valence-electron chi connectivity index (χ3n) is 6.31. The van der Waals surface area contributed by atoms with Crippen molar-refractivity contribution in [3.05, 3.63) is 0 Å². The van der Waals surface area contributed by atoms with E-state index in [9.17, 15) is 9.90 Å². The predicted molar refractivity (Wildman–Crippen MR) is 136 cm³/mol. The maximum absolute atomic E-state index is 10.1. The molecule has 0 atom stereocenters. The fourth-order valence-corrected chi connectivity index (χ4v) is 4.72. The zero-order valence-corrected chi connectivity index (χ0v) is 22.3. The van der Waals surface area contributed by atoms with Crippen molar-refractivity contribution in [1.82, 2.24) is 0 Å². The van der Waals surface area contributed by atoms with Crippen LogP contribution in [0.15, 0.2) is 0 Å². The number of aliphatic carboxylic acids is 1. The van der Waals surface area contributed by atoms with Gasteiger partial charge >= 0.3 is 0 Å². The molecule has 0 aromatic rings. The quantitative estimate of drug-likeness (QED) is 0.128. The Morgan fingerprint density at radius 3 is 1.19 bits per heavy atom. The van der Waals surface area contributed by atoms with Crippen molar-refractivity contribution in [2.45, 2.75) is 150 Å². The van der Waals surface area contributed by atoms with E-state index in [1.54, 1.807) is 0 Å². The van der Waals surface area contributed by atoms with Crippen LogP contribution in [-0.4, -0.2) is 36.6 Å². The molecule has 0 radical (unpaired) electrons. The van der Waals surface area contributed by atoms with Crippen molar-refractivity contribution in [3.8, 4) is 0 Å². The fourth-order valence-electron chi connectivity index (χ4n) is 4.72. The highest BCUT2D eigenvalue weighted by molar-refractivity contribution is 5.63. The van der Waals surface area contributed by atoms with Crippen molar-refractivity contribution in [1.29, 1.82) is 0 Å². The number of carboxylic acids is 1. The molecule has 0 aliphatic heterocycles. The van der Waals surface area contributed by atoms with Crippen LogP contribution >= 0.6 is 0 Å². The Hall–Kier alpha value is -0.570. The summed E-state index contributed by atoms with van der Waals surface area (Å²) in [4.78, 5) is 10.1. The number of hydrogen-bond acceptors (Lipinski definition) is 2. The molecule has 0 aliphatic carbocycles. The minimum Gasteiger partial charge on any atom is -0.550 e. The van der Waals surface area contributed by atoms with Crippen molar-refractivity contribution in [2.24, 2.45) is 0 Å². The number of carbonyl (C=O) groups excluding carboxylic acids is 1. The molecular formula is C28H59NO2. The number of carboxylic acid groups (broad SMARTS) is 1. The average molecular weight is 442 g/mol. The molecule has 0 fully saturated rings. The Bertz CT molecular complexity index is 340. The first-order valence-corrected chi connectivity index (χ1v) is 14.1. The Morgan fingerprint density at radius 1 is 0.484 bits per heavy atom. The minimum atomic E-state index is -0.911. The number of rotatable bonds is 22. The molecule has 0 N–H and O–H groups in total. The van der Waals surface area contributed by atoms with E-state index in [4.69, 9.17) is 0 Å². The van der Waals surface area contributed by atoms with Crippen LogP contribution in [0.2, 0.25) is 0 Å². The summed E-state index contributed by atoms with van der Waals surface area (Å²) < 4.78 is 1.40. The summed E-state index contributed by atoms with van der Waals surface area (Å²) in [6.45, 7) is 17.2. The summed E-state index contributed by atoms with van der Waals surface area (Å²) in [6, 6.07) is 0. The Kier molecular flexibility index (Phi) is 27.0. The van der Waals surface area contributed by atoms with E-state index in [1.165, 1.54) is 127 Å². The number of hydrogen-bond donors (Lipinski definition) is 0. The molecule has 0 unspecified atom stereocenters. The second-order valence-corrected chi connectivity index (χ2v) is 9.60. The summed E-state index contributed by atoms with van der Waals surface area (Å²) >= 11 is 0. The van der Waals surface area contributed by atoms with Gasteiger partial charge in [-0.15, -0.1) is 0 Å². The third kappa shape index (κ3) is 23.9. The number of carbonyl (C=O) groups is 1. The first-order chi connectivity index (χ1) is 15.0. The lowest BCUT2D eigenvalue weighted by molar-refractivity contribution is -0.928. The smallest absolute Gasteiger partial charge is 0.0786 e. The van der Waals surface area contributed by atoms with Gasteiger partial charge < -0.3 is 14.4 Å². The van der Waals surface area contributed by atoms with Gasteiger partial charge in [0.1, 0.15) is 0 Å². The van der Waals surface area contributed by atoms with Gasteiger partial charge in [-0.25, -0.2) is 0 Å². The molecule has 0 saturated heterocycles. The van der Waals surface area contributed by atoms with Crippen LogP contribution < -0.4 is 5.11 Å². The lowest BCUT2D eigenvalue weighted by Crippen LogP contribution is -2.50. The van der Waals surface area contributed by atoms with E-state index < -0.39 is 5.97 Å². The molecule has 0 bridgehead atoms. The molecular weight excluding hydrogens is 382 g/mol. The molecule has 0 saturated carbocycles. The largest absolute Gasteiger partial charge is 0.550 e. The summed E-state index contributed by atoms with van der Waals surface area (Å²) in [5, 5.41) is 10.1. The van der Waals surface area contributed by atoms with Crippen LogP contribution in [0.5, 0.6) is 0 Å². The summed E-state index contributed by atoms with van der Waals surface area (Å²) in [5.41, 5.74) is 0. The fraction of sp³-hybridized carbons (Fsp3) is 0.964. The van der Waals surface area contributed by atoms with Crippen LogP contribution in [0, 0.1) is 0 Å². The number of nitrogens with zero attached hydrogens (tertiary/aromatic N) is 1. The van der Waals surface area contributed by atoms with Crippen molar-refractivity contribution < 1.29 is 14.4 Å². The molecule has 0 spiro atoms. The number of quaternary nitrogens is 1. The van der Waals surface area contributed by atoms with Crippen molar-refractivity contribution in [2.75, 3.05) is 26.2 Å². The molecule has 0 rings (SSSR count). The minimum absolute atomic E-state index is 0.231. The van der Waals surface area contributed by atoms with Crippen molar-refractivity contribution in [3.63, 3.8) is 0 Å². The van der Waals surface area contributed by atoms with Gasteiger partial charge in [-0.3, -0.25) is 0 Å². The van der Waals surface area contributed by atoms with Gasteiger partial charge in [0, 0.05) is 5.97 Å². The Morgan fingerprint density at radius 2 is 0.839 bits per heavy atom. The molecule has 0 aromatic carbocycles. The summed E-state index contributed by atoms with van der Waals surface area (Å²) in [5.74, 6) is -0.911. The predicted octanol–water partition coefficient (Wildman–Crippen LogP) is 7.66. The van der Waals surface area contributed by atoms with Crippen LogP contribution in [0.25, 0.3) is 0 Å². The lowest BCUT2D eigenvalue weighted by Gasteiger charge is -2.38. The molecule has 188 valence electrons. The third-order valence-corrected chi connectivity index (χ3v) is 6.31. The highest BCUT2D eigenvalue weighted by Crippen LogP contribution is 2.15. The Labute approximate surface area is 197 Å². The summed E-state index contributed by atoms with van der Waals surface area (Å²) in [6.07, 6.45) is 22.4. The molecule has 31 heavy (non-hydrogen) atoms. The standard InChI is InChI=1S/C17H38N.C11H22O2/c1-5-9-10-11-12-13-17-18(14-6-2,15-7-3)16-8-4;1-2-3-4-5-6-7-8-9-10-11(12)13/h5-17H2,1-4H3;2-10H2,1H3,(H,12,13)/q+1;/p-1. The molecule has 0 aliphatic rings. The summed E-state index contributed by atoms with van der Waals surface area (Å²) in [7, 11) is 0. The highest BCUT2D eigenvalue weighted by atomic mass is 16.4. The maximum atomic E-state index is 10.1. The molecule has 0 heterocycles. The normalized spacial score (nSPS) is 11.3. The first kappa shape index (κ1) is 32.6. The molecule has 0 amide bonds. The average Bonchev–Trinajstić information content (AvgIpc) is 2.73. The highest BCUT2D eigenvalue weighted by Gasteiger charge is 2.23.